The molecular weight excluding hydrogens is 396 g/mol. The fourth-order valence-corrected chi connectivity index (χ4v) is 4.43. The third kappa shape index (κ3) is 6.19. The molecule has 1 N–H and O–H groups in total. The predicted octanol–water partition coefficient (Wildman–Crippen LogP) is 7.26. The summed E-state index contributed by atoms with van der Waals surface area (Å²) in [7, 11) is 0. The summed E-state index contributed by atoms with van der Waals surface area (Å²) < 4.78 is 5.87. The molecule has 1 aliphatic carbocycles. The van der Waals surface area contributed by atoms with Crippen molar-refractivity contribution in [3.05, 3.63) is 83.7 Å². The lowest BCUT2D eigenvalue weighted by molar-refractivity contribution is 0.0977. The van der Waals surface area contributed by atoms with Crippen LogP contribution in [0.15, 0.2) is 66.9 Å². The van der Waals surface area contributed by atoms with Gasteiger partial charge in [0.05, 0.1) is 5.69 Å². The number of carbonyl (C=O) groups is 1. The monoisotopic (exact) mass is 428 g/mol. The molecule has 1 aliphatic rings. The Morgan fingerprint density at radius 3 is 2.72 bits per heavy atom. The molecule has 4 heteroatoms. The molecule has 3 aromatic rings. The molecule has 1 saturated carbocycles. The standard InChI is InChI=1S/C28H32N2O2/c1-21-18-26(32-20-25-12-4-5-17-29-25)15-16-27(21)30-24-13-7-11-23(19-24)28(31)14-6-10-22-8-2-3-9-22/h4-5,7,11-13,15-19,22,30H,2-3,6,8-10,14,20H2,1H3. The van der Waals surface area contributed by atoms with Crippen molar-refractivity contribution in [1.82, 2.24) is 4.98 Å². The molecule has 4 nitrogen and oxygen atoms in total. The normalized spacial score (nSPS) is 13.8. The SMILES string of the molecule is Cc1cc(OCc2ccccn2)ccc1Nc1cccc(C(=O)CCCC2CCCC2)c1. The van der Waals surface area contributed by atoms with Gasteiger partial charge in [0.15, 0.2) is 5.78 Å². The van der Waals surface area contributed by atoms with Crippen molar-refractivity contribution in [2.75, 3.05) is 5.32 Å². The molecule has 2 aromatic carbocycles. The fraction of sp³-hybridized carbons (Fsp3) is 0.357. The van der Waals surface area contributed by atoms with Crippen LogP contribution in [0.2, 0.25) is 0 Å². The number of pyridine rings is 1. The van der Waals surface area contributed by atoms with Gasteiger partial charge in [0.25, 0.3) is 0 Å². The van der Waals surface area contributed by atoms with Gasteiger partial charge in [-0.3, -0.25) is 9.78 Å². The third-order valence-electron chi connectivity index (χ3n) is 6.27. The summed E-state index contributed by atoms with van der Waals surface area (Å²) in [5.74, 6) is 1.89. The predicted molar refractivity (Wildman–Crippen MR) is 130 cm³/mol. The smallest absolute Gasteiger partial charge is 0.162 e. The number of rotatable bonds is 10. The van der Waals surface area contributed by atoms with Crippen molar-refractivity contribution < 1.29 is 9.53 Å². The van der Waals surface area contributed by atoms with Crippen LogP contribution in [0.4, 0.5) is 11.4 Å². The van der Waals surface area contributed by atoms with Crippen molar-refractivity contribution in [1.29, 1.82) is 0 Å². The first-order chi connectivity index (χ1) is 15.7. The number of hydrogen-bond donors (Lipinski definition) is 1. The second-order valence-electron chi connectivity index (χ2n) is 8.76. The Kier molecular flexibility index (Phi) is 7.55. The van der Waals surface area contributed by atoms with Gasteiger partial charge in [-0.05, 0) is 67.3 Å². The topological polar surface area (TPSA) is 51.2 Å². The summed E-state index contributed by atoms with van der Waals surface area (Å²) in [5.41, 5.74) is 4.70. The molecule has 4 rings (SSSR count). The van der Waals surface area contributed by atoms with E-state index in [-0.39, 0.29) is 5.78 Å². The Bertz CT molecular complexity index is 1030. The lowest BCUT2D eigenvalue weighted by Crippen LogP contribution is -2.02. The number of aryl methyl sites for hydroxylation is 1. The highest BCUT2D eigenvalue weighted by molar-refractivity contribution is 5.97. The number of hydrogen-bond acceptors (Lipinski definition) is 4. The number of carbonyl (C=O) groups excluding carboxylic acids is 1. The summed E-state index contributed by atoms with van der Waals surface area (Å²) in [4.78, 5) is 17.0. The summed E-state index contributed by atoms with van der Waals surface area (Å²) in [5, 5.41) is 3.45. The average molecular weight is 429 g/mol. The van der Waals surface area contributed by atoms with Crippen LogP contribution in [-0.2, 0) is 6.61 Å². The number of aromatic nitrogens is 1. The molecule has 0 amide bonds. The minimum Gasteiger partial charge on any atom is -0.487 e. The van der Waals surface area contributed by atoms with E-state index in [1.165, 1.54) is 32.1 Å². The minimum atomic E-state index is 0.238. The Morgan fingerprint density at radius 1 is 1.06 bits per heavy atom. The zero-order chi connectivity index (χ0) is 22.2. The Labute approximate surface area is 191 Å². The van der Waals surface area contributed by atoms with Crippen molar-refractivity contribution in [3.63, 3.8) is 0 Å². The molecule has 1 fully saturated rings. The van der Waals surface area contributed by atoms with Crippen molar-refractivity contribution in [2.24, 2.45) is 5.92 Å². The van der Waals surface area contributed by atoms with Crippen molar-refractivity contribution in [2.45, 2.75) is 58.5 Å². The molecule has 0 unspecified atom stereocenters. The lowest BCUT2D eigenvalue weighted by Gasteiger charge is -2.13. The van der Waals surface area contributed by atoms with Gasteiger partial charge in [-0.25, -0.2) is 0 Å². The van der Waals surface area contributed by atoms with Gasteiger partial charge >= 0.3 is 0 Å². The van der Waals surface area contributed by atoms with E-state index < -0.39 is 0 Å². The quantitative estimate of drug-likeness (QED) is 0.345. The molecule has 1 aromatic heterocycles. The largest absolute Gasteiger partial charge is 0.487 e. The van der Waals surface area contributed by atoms with Crippen molar-refractivity contribution >= 4 is 17.2 Å². The van der Waals surface area contributed by atoms with Gasteiger partial charge in [0, 0.05) is 29.6 Å². The summed E-state index contributed by atoms with van der Waals surface area (Å²) in [6.45, 7) is 2.49. The van der Waals surface area contributed by atoms with Gasteiger partial charge in [-0.15, -0.1) is 0 Å². The maximum atomic E-state index is 12.7. The van der Waals surface area contributed by atoms with Crippen LogP contribution in [0.5, 0.6) is 5.75 Å². The first kappa shape index (κ1) is 22.1. The molecule has 0 bridgehead atoms. The van der Waals surface area contributed by atoms with Crippen LogP contribution in [-0.4, -0.2) is 10.8 Å². The fourth-order valence-electron chi connectivity index (χ4n) is 4.43. The van der Waals surface area contributed by atoms with E-state index in [2.05, 4.69) is 10.3 Å². The van der Waals surface area contributed by atoms with E-state index >= 15 is 0 Å². The highest BCUT2D eigenvalue weighted by Gasteiger charge is 2.15. The maximum Gasteiger partial charge on any atom is 0.162 e. The van der Waals surface area contributed by atoms with E-state index in [1.807, 2.05) is 67.6 Å². The van der Waals surface area contributed by atoms with Crippen LogP contribution >= 0.6 is 0 Å². The lowest BCUT2D eigenvalue weighted by atomic mass is 9.97. The first-order valence-corrected chi connectivity index (χ1v) is 11.7. The number of nitrogens with zero attached hydrogens (tertiary/aromatic N) is 1. The number of benzene rings is 2. The van der Waals surface area contributed by atoms with Crippen LogP contribution in [0, 0.1) is 12.8 Å². The second kappa shape index (κ2) is 10.9. The average Bonchev–Trinajstić information content (AvgIpc) is 3.34. The second-order valence-corrected chi connectivity index (χ2v) is 8.76. The molecule has 1 heterocycles. The van der Waals surface area contributed by atoms with E-state index in [0.717, 1.165) is 46.3 Å². The van der Waals surface area contributed by atoms with E-state index in [9.17, 15) is 4.79 Å². The Balaban J connectivity index is 1.32. The van der Waals surface area contributed by atoms with E-state index in [0.29, 0.717) is 13.0 Å². The molecular formula is C28H32N2O2. The number of nitrogens with one attached hydrogen (secondary N) is 1. The third-order valence-corrected chi connectivity index (χ3v) is 6.27. The zero-order valence-electron chi connectivity index (χ0n) is 18.8. The van der Waals surface area contributed by atoms with Gasteiger partial charge in [0.1, 0.15) is 12.4 Å². The summed E-state index contributed by atoms with van der Waals surface area (Å²) in [6.07, 6.45) is 10.0. The number of ketones is 1. The number of ether oxygens (including phenoxy) is 1. The molecule has 32 heavy (non-hydrogen) atoms. The Morgan fingerprint density at radius 2 is 1.94 bits per heavy atom. The van der Waals surface area contributed by atoms with Crippen LogP contribution in [0.3, 0.4) is 0 Å². The van der Waals surface area contributed by atoms with Gasteiger partial charge in [0.2, 0.25) is 0 Å². The van der Waals surface area contributed by atoms with Crippen molar-refractivity contribution in [3.8, 4) is 5.75 Å². The van der Waals surface area contributed by atoms with Crippen LogP contribution < -0.4 is 10.1 Å². The molecule has 166 valence electrons. The van der Waals surface area contributed by atoms with E-state index in [4.69, 9.17) is 4.74 Å². The van der Waals surface area contributed by atoms with E-state index in [1.54, 1.807) is 6.20 Å². The van der Waals surface area contributed by atoms with Gasteiger partial charge in [-0.2, -0.15) is 0 Å². The van der Waals surface area contributed by atoms with Crippen LogP contribution in [0.25, 0.3) is 0 Å². The summed E-state index contributed by atoms with van der Waals surface area (Å²) >= 11 is 0. The molecule has 0 aliphatic heterocycles. The Hall–Kier alpha value is -3.14. The highest BCUT2D eigenvalue weighted by atomic mass is 16.5. The molecule has 0 saturated heterocycles. The summed E-state index contributed by atoms with van der Waals surface area (Å²) in [6, 6.07) is 19.6. The van der Waals surface area contributed by atoms with Gasteiger partial charge in [-0.1, -0.05) is 50.3 Å². The van der Waals surface area contributed by atoms with Crippen LogP contribution in [0.1, 0.15) is 66.6 Å². The molecule has 0 radical (unpaired) electrons. The first-order valence-electron chi connectivity index (χ1n) is 11.7. The van der Waals surface area contributed by atoms with Gasteiger partial charge < -0.3 is 10.1 Å². The minimum absolute atomic E-state index is 0.238. The molecule has 0 spiro atoms. The maximum absolute atomic E-state index is 12.7. The highest BCUT2D eigenvalue weighted by Crippen LogP contribution is 2.29. The molecule has 0 atom stereocenters. The number of Topliss-reactive ketones (excluding diaryl/α,β-unsaturated/α-hetero) is 1. The zero-order valence-corrected chi connectivity index (χ0v) is 18.8. The number of anilines is 2.